The number of halogens is 3. The first-order valence-corrected chi connectivity index (χ1v) is 15.2. The SMILES string of the molecule is CC.CCC=O.Cc1nc(N)sc1COCN1CCN(C[C@H](C)NC(=O)c2cccc(C3=CCN=C3C(F)(F)F)c2)CC1.[HH]. The Kier molecular flexibility index (Phi) is 15.0. The van der Waals surface area contributed by atoms with E-state index in [0.29, 0.717) is 42.6 Å². The third-order valence-electron chi connectivity index (χ3n) is 6.46. The zero-order chi connectivity index (χ0) is 32.0. The van der Waals surface area contributed by atoms with Gasteiger partial charge in [-0.2, -0.15) is 13.2 Å². The maximum Gasteiger partial charge on any atom is 0.433 e. The predicted molar refractivity (Wildman–Crippen MR) is 168 cm³/mol. The summed E-state index contributed by atoms with van der Waals surface area (Å²) in [5.41, 5.74) is 6.41. The number of carbonyl (C=O) groups is 2. The van der Waals surface area contributed by atoms with Crippen molar-refractivity contribution in [2.24, 2.45) is 4.99 Å². The number of nitrogens with one attached hydrogen (secondary N) is 1. The molecule has 0 saturated carbocycles. The summed E-state index contributed by atoms with van der Waals surface area (Å²) < 4.78 is 45.6. The molecule has 1 amide bonds. The van der Waals surface area contributed by atoms with Gasteiger partial charge in [-0.3, -0.25) is 19.6 Å². The number of alkyl halides is 3. The van der Waals surface area contributed by atoms with Gasteiger partial charge >= 0.3 is 6.18 Å². The number of hydrogen-bond donors (Lipinski definition) is 2. The van der Waals surface area contributed by atoms with Crippen LogP contribution in [0.5, 0.6) is 0 Å². The number of benzene rings is 1. The fourth-order valence-corrected chi connectivity index (χ4v) is 5.20. The molecule has 43 heavy (non-hydrogen) atoms. The van der Waals surface area contributed by atoms with Crippen LogP contribution in [0.3, 0.4) is 0 Å². The number of rotatable bonds is 10. The minimum absolute atomic E-state index is 0. The molecule has 240 valence electrons. The number of aldehydes is 1. The lowest BCUT2D eigenvalue weighted by Crippen LogP contribution is -2.51. The molecule has 0 spiro atoms. The molecular weight excluding hydrogens is 581 g/mol. The van der Waals surface area contributed by atoms with Crippen molar-refractivity contribution in [3.8, 4) is 0 Å². The van der Waals surface area contributed by atoms with Crippen LogP contribution < -0.4 is 11.1 Å². The lowest BCUT2D eigenvalue weighted by molar-refractivity contribution is -0.107. The number of anilines is 1. The van der Waals surface area contributed by atoms with E-state index in [9.17, 15) is 22.8 Å². The smallest absolute Gasteiger partial charge is 0.375 e. The molecule has 13 heteroatoms. The highest BCUT2D eigenvalue weighted by Gasteiger charge is 2.39. The lowest BCUT2D eigenvalue weighted by atomic mass is 9.99. The largest absolute Gasteiger partial charge is 0.433 e. The Morgan fingerprint density at radius 1 is 1.23 bits per heavy atom. The van der Waals surface area contributed by atoms with Crippen molar-refractivity contribution < 1.29 is 28.9 Å². The Morgan fingerprint density at radius 2 is 1.88 bits per heavy atom. The average Bonchev–Trinajstić information content (AvgIpc) is 3.61. The molecule has 2 aliphatic heterocycles. The van der Waals surface area contributed by atoms with Gasteiger partial charge in [0.25, 0.3) is 5.91 Å². The highest BCUT2D eigenvalue weighted by Crippen LogP contribution is 2.31. The third kappa shape index (κ3) is 11.5. The number of aryl methyl sites for hydroxylation is 1. The van der Waals surface area contributed by atoms with Gasteiger partial charge in [0.2, 0.25) is 0 Å². The minimum Gasteiger partial charge on any atom is -0.375 e. The number of carbonyl (C=O) groups excluding carboxylic acids is 2. The van der Waals surface area contributed by atoms with Gasteiger partial charge < -0.3 is 20.6 Å². The molecule has 9 nitrogen and oxygen atoms in total. The molecule has 3 N–H and O–H groups in total. The van der Waals surface area contributed by atoms with Crippen LogP contribution >= 0.6 is 11.3 Å². The van der Waals surface area contributed by atoms with E-state index in [4.69, 9.17) is 10.5 Å². The number of nitrogens with zero attached hydrogens (tertiary/aromatic N) is 4. The summed E-state index contributed by atoms with van der Waals surface area (Å²) in [7, 11) is 0. The van der Waals surface area contributed by atoms with Crippen molar-refractivity contribution in [1.29, 1.82) is 0 Å². The Balaban J connectivity index is 0.00000128. The highest BCUT2D eigenvalue weighted by molar-refractivity contribution is 7.15. The van der Waals surface area contributed by atoms with Crippen molar-refractivity contribution >= 4 is 39.9 Å². The number of piperazine rings is 1. The van der Waals surface area contributed by atoms with Crippen LogP contribution in [0, 0.1) is 6.92 Å². The summed E-state index contributed by atoms with van der Waals surface area (Å²) in [6.07, 6.45) is -1.58. The van der Waals surface area contributed by atoms with E-state index in [2.05, 4.69) is 25.1 Å². The topological polar surface area (TPSA) is 113 Å². The molecule has 1 saturated heterocycles. The van der Waals surface area contributed by atoms with Crippen LogP contribution in [0.25, 0.3) is 5.57 Å². The molecule has 1 atom stereocenters. The van der Waals surface area contributed by atoms with E-state index in [0.717, 1.165) is 43.0 Å². The first kappa shape index (κ1) is 36.1. The lowest BCUT2D eigenvalue weighted by Gasteiger charge is -2.35. The number of thiazole rings is 1. The molecule has 0 aliphatic carbocycles. The summed E-state index contributed by atoms with van der Waals surface area (Å²) in [6, 6.07) is 6.12. The monoisotopic (exact) mass is 626 g/mol. The molecule has 1 fully saturated rings. The molecule has 2 aliphatic rings. The predicted octanol–water partition coefficient (Wildman–Crippen LogP) is 5.21. The molecular formula is C30H45F3N6O3S. The standard InChI is InChI=1S/C25H31F3N6O2S.C3H6O.C2H6.H2/c1-16(13-33-8-10-34(11-9-33)15-36-14-21-17(2)32-24(29)37-21)31-23(35)19-5-3-4-18(12-19)20-6-7-30-22(20)25(26,27)28;1-2-3-4;1-2;/h3-6,12,16H,7-11,13-15H2,1-2H3,(H2,29,32)(H,31,35);3H,2H2,1H3;1-2H3;1H/t16-;;;/m0.../s1. The third-order valence-corrected chi connectivity index (χ3v) is 7.42. The maximum atomic E-state index is 13.2. The van der Waals surface area contributed by atoms with Crippen molar-refractivity contribution in [3.05, 3.63) is 52.0 Å². The quantitative estimate of drug-likeness (QED) is 0.348. The number of aliphatic imine (C=N–C) groups is 1. The van der Waals surface area contributed by atoms with E-state index in [1.165, 1.54) is 23.5 Å². The molecule has 0 bridgehead atoms. The van der Waals surface area contributed by atoms with Crippen molar-refractivity contribution in [1.82, 2.24) is 20.1 Å². The summed E-state index contributed by atoms with van der Waals surface area (Å²) in [5.74, 6) is -0.315. The van der Waals surface area contributed by atoms with Crippen molar-refractivity contribution in [2.45, 2.75) is 59.9 Å². The summed E-state index contributed by atoms with van der Waals surface area (Å²) in [4.78, 5) is 35.3. The second-order valence-electron chi connectivity index (χ2n) is 9.79. The fraction of sp³-hybridized carbons (Fsp3) is 0.533. The molecule has 0 radical (unpaired) electrons. The van der Waals surface area contributed by atoms with Crippen LogP contribution in [0.4, 0.5) is 18.3 Å². The summed E-state index contributed by atoms with van der Waals surface area (Å²) in [5, 5.41) is 3.52. The molecule has 3 heterocycles. The number of hydrogen-bond acceptors (Lipinski definition) is 9. The van der Waals surface area contributed by atoms with Gasteiger partial charge in [0.15, 0.2) is 5.13 Å². The van der Waals surface area contributed by atoms with E-state index in [1.807, 2.05) is 34.6 Å². The first-order chi connectivity index (χ1) is 20.5. The van der Waals surface area contributed by atoms with Gasteiger partial charge in [0.05, 0.1) is 30.5 Å². The van der Waals surface area contributed by atoms with Crippen LogP contribution in [-0.2, 0) is 16.1 Å². The minimum atomic E-state index is -4.53. The van der Waals surface area contributed by atoms with Crippen LogP contribution in [0.15, 0.2) is 35.3 Å². The number of nitrogens with two attached hydrogens (primary N) is 1. The van der Waals surface area contributed by atoms with E-state index >= 15 is 0 Å². The molecule has 0 unspecified atom stereocenters. The van der Waals surface area contributed by atoms with Crippen LogP contribution in [0.2, 0.25) is 0 Å². The zero-order valence-corrected chi connectivity index (χ0v) is 26.4. The number of ether oxygens (including phenoxy) is 1. The maximum absolute atomic E-state index is 13.2. The van der Waals surface area contributed by atoms with E-state index < -0.39 is 11.9 Å². The zero-order valence-electron chi connectivity index (χ0n) is 25.5. The number of allylic oxidation sites excluding steroid dienone is 1. The highest BCUT2D eigenvalue weighted by atomic mass is 32.1. The normalized spacial score (nSPS) is 16.2. The number of amides is 1. The Hall–Kier alpha value is -3.13. The summed E-state index contributed by atoms with van der Waals surface area (Å²) >= 11 is 1.45. The van der Waals surface area contributed by atoms with Crippen LogP contribution in [-0.4, -0.2) is 90.9 Å². The Bertz CT molecular complexity index is 1250. The van der Waals surface area contributed by atoms with Gasteiger partial charge in [0.1, 0.15) is 12.0 Å². The summed E-state index contributed by atoms with van der Waals surface area (Å²) in [6.45, 7) is 14.7. The van der Waals surface area contributed by atoms with Gasteiger partial charge in [0, 0.05) is 57.7 Å². The van der Waals surface area contributed by atoms with Gasteiger partial charge in [-0.15, -0.1) is 0 Å². The number of nitrogen functional groups attached to an aromatic ring is 1. The number of aromatic nitrogens is 1. The molecule has 4 rings (SSSR count). The van der Waals surface area contributed by atoms with E-state index in [1.54, 1.807) is 18.2 Å². The Morgan fingerprint density at radius 3 is 2.47 bits per heavy atom. The molecule has 1 aromatic carbocycles. The fourth-order valence-electron chi connectivity index (χ4n) is 4.43. The van der Waals surface area contributed by atoms with E-state index in [-0.39, 0.29) is 25.5 Å². The van der Waals surface area contributed by atoms with Gasteiger partial charge in [-0.1, -0.05) is 50.3 Å². The van der Waals surface area contributed by atoms with Gasteiger partial charge in [-0.25, -0.2) is 4.98 Å². The van der Waals surface area contributed by atoms with Gasteiger partial charge in [-0.05, 0) is 31.5 Å². The van der Waals surface area contributed by atoms with Crippen molar-refractivity contribution in [2.75, 3.05) is 51.7 Å². The van der Waals surface area contributed by atoms with Crippen molar-refractivity contribution in [3.63, 3.8) is 0 Å². The average molecular weight is 627 g/mol. The van der Waals surface area contributed by atoms with Crippen LogP contribution in [0.1, 0.15) is 62.0 Å². The molecule has 2 aromatic rings. The molecule has 1 aromatic heterocycles. The Labute approximate surface area is 257 Å². The second-order valence-corrected chi connectivity index (χ2v) is 10.9. The first-order valence-electron chi connectivity index (χ1n) is 14.4. The second kappa shape index (κ2) is 17.9.